The Labute approximate surface area is 128 Å². The van der Waals surface area contributed by atoms with Crippen LogP contribution in [0.3, 0.4) is 0 Å². The van der Waals surface area contributed by atoms with Crippen LogP contribution in [0.4, 0.5) is 0 Å². The average molecular weight is 308 g/mol. The lowest BCUT2D eigenvalue weighted by molar-refractivity contribution is -0.128. The zero-order valence-corrected chi connectivity index (χ0v) is 13.2. The Morgan fingerprint density at radius 1 is 1.52 bits per heavy atom. The summed E-state index contributed by atoms with van der Waals surface area (Å²) in [6.07, 6.45) is 2.13. The molecule has 0 N–H and O–H groups in total. The molecule has 5 nitrogen and oxygen atoms in total. The van der Waals surface area contributed by atoms with E-state index >= 15 is 0 Å². The molecule has 1 saturated heterocycles. The van der Waals surface area contributed by atoms with Gasteiger partial charge in [-0.2, -0.15) is 0 Å². The SMILES string of the molecule is C=CC(=O)N1CCN(C(=O)c2sccc2OC)C(CC)C1. The first-order valence-corrected chi connectivity index (χ1v) is 7.84. The van der Waals surface area contributed by atoms with Gasteiger partial charge in [0.25, 0.3) is 5.91 Å². The highest BCUT2D eigenvalue weighted by atomic mass is 32.1. The molecule has 2 heterocycles. The van der Waals surface area contributed by atoms with E-state index < -0.39 is 0 Å². The molecule has 0 aromatic carbocycles. The molecule has 6 heteroatoms. The molecular weight excluding hydrogens is 288 g/mol. The number of piperazine rings is 1. The van der Waals surface area contributed by atoms with E-state index in [9.17, 15) is 9.59 Å². The normalized spacial score (nSPS) is 18.5. The van der Waals surface area contributed by atoms with Crippen LogP contribution in [0.1, 0.15) is 23.0 Å². The summed E-state index contributed by atoms with van der Waals surface area (Å²) in [6, 6.07) is 1.83. The van der Waals surface area contributed by atoms with E-state index in [4.69, 9.17) is 4.74 Å². The quantitative estimate of drug-likeness (QED) is 0.800. The van der Waals surface area contributed by atoms with Crippen LogP contribution in [0.25, 0.3) is 0 Å². The number of amides is 2. The van der Waals surface area contributed by atoms with Crippen molar-refractivity contribution in [2.75, 3.05) is 26.7 Å². The van der Waals surface area contributed by atoms with Crippen LogP contribution in [-0.2, 0) is 4.79 Å². The summed E-state index contributed by atoms with van der Waals surface area (Å²) in [7, 11) is 1.57. The molecule has 2 amide bonds. The standard InChI is InChI=1S/C15H20N2O3S/c1-4-11-10-16(13(18)5-2)7-8-17(11)15(19)14-12(20-3)6-9-21-14/h5-6,9,11H,2,4,7-8,10H2,1,3H3. The Morgan fingerprint density at radius 2 is 2.29 bits per heavy atom. The van der Waals surface area contributed by atoms with Gasteiger partial charge >= 0.3 is 0 Å². The first-order chi connectivity index (χ1) is 10.1. The van der Waals surface area contributed by atoms with E-state index in [0.29, 0.717) is 30.3 Å². The predicted octanol–water partition coefficient (Wildman–Crippen LogP) is 2.01. The van der Waals surface area contributed by atoms with Gasteiger partial charge < -0.3 is 14.5 Å². The molecule has 2 rings (SSSR count). The third kappa shape index (κ3) is 3.10. The second kappa shape index (κ2) is 6.76. The first kappa shape index (κ1) is 15.6. The van der Waals surface area contributed by atoms with Crippen molar-refractivity contribution in [2.45, 2.75) is 19.4 Å². The van der Waals surface area contributed by atoms with Gasteiger partial charge in [0.05, 0.1) is 7.11 Å². The number of thiophene rings is 1. The molecule has 21 heavy (non-hydrogen) atoms. The van der Waals surface area contributed by atoms with Crippen LogP contribution in [-0.4, -0.2) is 54.4 Å². The topological polar surface area (TPSA) is 49.9 Å². The van der Waals surface area contributed by atoms with Crippen molar-refractivity contribution < 1.29 is 14.3 Å². The number of ether oxygens (including phenoxy) is 1. The molecule has 0 aliphatic carbocycles. The lowest BCUT2D eigenvalue weighted by Crippen LogP contribution is -2.56. The smallest absolute Gasteiger partial charge is 0.268 e. The van der Waals surface area contributed by atoms with Gasteiger partial charge in [0.1, 0.15) is 10.6 Å². The van der Waals surface area contributed by atoms with Crippen molar-refractivity contribution in [1.29, 1.82) is 0 Å². The molecule has 0 bridgehead atoms. The minimum Gasteiger partial charge on any atom is -0.495 e. The largest absolute Gasteiger partial charge is 0.495 e. The maximum absolute atomic E-state index is 12.7. The van der Waals surface area contributed by atoms with Gasteiger partial charge in [-0.15, -0.1) is 11.3 Å². The Hall–Kier alpha value is -1.82. The van der Waals surface area contributed by atoms with Crippen LogP contribution in [0.2, 0.25) is 0 Å². The minimum absolute atomic E-state index is 0.0144. The highest BCUT2D eigenvalue weighted by Crippen LogP contribution is 2.28. The molecule has 0 spiro atoms. The summed E-state index contributed by atoms with van der Waals surface area (Å²) in [6.45, 7) is 7.18. The molecular formula is C15H20N2O3S. The molecule has 1 aliphatic rings. The third-order valence-corrected chi connectivity index (χ3v) is 4.63. The maximum Gasteiger partial charge on any atom is 0.268 e. The summed E-state index contributed by atoms with van der Waals surface area (Å²) < 4.78 is 5.23. The van der Waals surface area contributed by atoms with Gasteiger partial charge in [0, 0.05) is 25.7 Å². The van der Waals surface area contributed by atoms with Crippen LogP contribution < -0.4 is 4.74 Å². The molecule has 1 aromatic heterocycles. The van der Waals surface area contributed by atoms with Crippen molar-refractivity contribution in [3.05, 3.63) is 29.0 Å². The molecule has 114 valence electrons. The van der Waals surface area contributed by atoms with Crippen LogP contribution >= 0.6 is 11.3 Å². The molecule has 1 aromatic rings. The average Bonchev–Trinajstić information content (AvgIpc) is 3.01. The van der Waals surface area contributed by atoms with Crippen molar-refractivity contribution >= 4 is 23.2 Å². The van der Waals surface area contributed by atoms with E-state index in [1.807, 2.05) is 17.2 Å². The van der Waals surface area contributed by atoms with E-state index in [1.165, 1.54) is 17.4 Å². The molecule has 1 aliphatic heterocycles. The zero-order valence-electron chi connectivity index (χ0n) is 12.4. The van der Waals surface area contributed by atoms with E-state index in [2.05, 4.69) is 6.58 Å². The number of hydrogen-bond donors (Lipinski definition) is 0. The van der Waals surface area contributed by atoms with Crippen molar-refractivity contribution in [2.24, 2.45) is 0 Å². The molecule has 1 atom stereocenters. The van der Waals surface area contributed by atoms with Gasteiger partial charge in [0.2, 0.25) is 5.91 Å². The first-order valence-electron chi connectivity index (χ1n) is 6.96. The van der Waals surface area contributed by atoms with Gasteiger partial charge in [-0.05, 0) is 23.9 Å². The molecule has 1 fully saturated rings. The van der Waals surface area contributed by atoms with E-state index in [0.717, 1.165) is 6.42 Å². The summed E-state index contributed by atoms with van der Waals surface area (Å²) in [5.74, 6) is 0.526. The minimum atomic E-state index is -0.0748. The van der Waals surface area contributed by atoms with Crippen molar-refractivity contribution in [3.63, 3.8) is 0 Å². The second-order valence-corrected chi connectivity index (χ2v) is 5.78. The fraction of sp³-hybridized carbons (Fsp3) is 0.467. The lowest BCUT2D eigenvalue weighted by atomic mass is 10.1. The molecule has 0 saturated carbocycles. The number of carbonyl (C=O) groups excluding carboxylic acids is 2. The monoisotopic (exact) mass is 308 g/mol. The molecule has 0 radical (unpaired) electrons. The van der Waals surface area contributed by atoms with E-state index in [1.54, 1.807) is 18.1 Å². The maximum atomic E-state index is 12.7. The van der Waals surface area contributed by atoms with Crippen LogP contribution in [0.15, 0.2) is 24.1 Å². The van der Waals surface area contributed by atoms with Gasteiger partial charge in [-0.3, -0.25) is 9.59 Å². The Balaban J connectivity index is 2.15. The summed E-state index contributed by atoms with van der Waals surface area (Å²) >= 11 is 1.39. The van der Waals surface area contributed by atoms with Crippen molar-refractivity contribution in [1.82, 2.24) is 9.80 Å². The fourth-order valence-corrected chi connectivity index (χ4v) is 3.36. The fourth-order valence-electron chi connectivity index (χ4n) is 2.55. The lowest BCUT2D eigenvalue weighted by Gasteiger charge is -2.40. The van der Waals surface area contributed by atoms with Gasteiger partial charge in [-0.1, -0.05) is 13.5 Å². The van der Waals surface area contributed by atoms with Gasteiger partial charge in [-0.25, -0.2) is 0 Å². The highest BCUT2D eigenvalue weighted by molar-refractivity contribution is 7.12. The summed E-state index contributed by atoms with van der Waals surface area (Å²) in [4.78, 5) is 28.6. The highest BCUT2D eigenvalue weighted by Gasteiger charge is 2.32. The number of nitrogens with zero attached hydrogens (tertiary/aromatic N) is 2. The number of carbonyl (C=O) groups is 2. The van der Waals surface area contributed by atoms with Gasteiger partial charge in [0.15, 0.2) is 0 Å². The third-order valence-electron chi connectivity index (χ3n) is 3.74. The number of hydrogen-bond acceptors (Lipinski definition) is 4. The summed E-state index contributed by atoms with van der Waals surface area (Å²) in [5, 5.41) is 1.85. The van der Waals surface area contributed by atoms with Crippen LogP contribution in [0, 0.1) is 0 Å². The molecule has 1 unspecified atom stereocenters. The zero-order chi connectivity index (χ0) is 15.4. The Kier molecular flexibility index (Phi) is 5.01. The van der Waals surface area contributed by atoms with E-state index in [-0.39, 0.29) is 17.9 Å². The number of methoxy groups -OCH3 is 1. The predicted molar refractivity (Wildman–Crippen MR) is 82.8 cm³/mol. The number of rotatable bonds is 4. The Bertz CT molecular complexity index is 541. The van der Waals surface area contributed by atoms with Crippen LogP contribution in [0.5, 0.6) is 5.75 Å². The van der Waals surface area contributed by atoms with Crippen molar-refractivity contribution in [3.8, 4) is 5.75 Å². The summed E-state index contributed by atoms with van der Waals surface area (Å²) in [5.41, 5.74) is 0. The Morgan fingerprint density at radius 3 is 2.90 bits per heavy atom. The second-order valence-electron chi connectivity index (χ2n) is 4.87.